The van der Waals surface area contributed by atoms with Crippen LogP contribution >= 0.6 is 0 Å². The van der Waals surface area contributed by atoms with Crippen molar-refractivity contribution in [2.75, 3.05) is 20.1 Å². The number of nitrogens with one attached hydrogen (secondary N) is 1. The molecule has 114 valence electrons. The maximum atomic E-state index is 4.73. The Labute approximate surface area is 123 Å². The van der Waals surface area contributed by atoms with Gasteiger partial charge in [0.05, 0.1) is 11.7 Å². The Bertz CT molecular complexity index is 380. The first kappa shape index (κ1) is 15.5. The monoisotopic (exact) mass is 278 g/mol. The Balaban J connectivity index is 1.70. The third-order valence-corrected chi connectivity index (χ3v) is 4.44. The molecule has 1 aliphatic rings. The first-order valence-corrected chi connectivity index (χ1v) is 8.12. The topological polar surface area (TPSA) is 33.1 Å². The second-order valence-electron chi connectivity index (χ2n) is 6.33. The smallest absolute Gasteiger partial charge is 0.0762 e. The summed E-state index contributed by atoms with van der Waals surface area (Å²) in [7, 11) is 2.17. The summed E-state index contributed by atoms with van der Waals surface area (Å²) in [6.07, 6.45) is 8.88. The minimum absolute atomic E-state index is 0.613. The molecule has 0 saturated heterocycles. The summed E-state index contributed by atoms with van der Waals surface area (Å²) in [4.78, 5) is 2.35. The molecule has 4 heteroatoms. The van der Waals surface area contributed by atoms with Crippen molar-refractivity contribution < 1.29 is 0 Å². The minimum atomic E-state index is 0.613. The van der Waals surface area contributed by atoms with Crippen molar-refractivity contribution in [3.8, 4) is 0 Å². The lowest BCUT2D eigenvalue weighted by Gasteiger charge is -2.22. The fourth-order valence-electron chi connectivity index (χ4n) is 2.75. The average molecular weight is 278 g/mol. The Hall–Kier alpha value is -0.870. The second-order valence-corrected chi connectivity index (χ2v) is 6.33. The van der Waals surface area contributed by atoms with Gasteiger partial charge in [0.1, 0.15) is 0 Å². The molecular formula is C16H30N4. The summed E-state index contributed by atoms with van der Waals surface area (Å²) >= 11 is 0. The van der Waals surface area contributed by atoms with Gasteiger partial charge in [-0.1, -0.05) is 19.3 Å². The van der Waals surface area contributed by atoms with Gasteiger partial charge in [0.15, 0.2) is 0 Å². The molecule has 1 heterocycles. The van der Waals surface area contributed by atoms with Crippen LogP contribution in [0, 0.1) is 0 Å². The third-order valence-electron chi connectivity index (χ3n) is 4.44. The van der Waals surface area contributed by atoms with Gasteiger partial charge in [-0.25, -0.2) is 0 Å². The third kappa shape index (κ3) is 4.60. The molecule has 1 fully saturated rings. The molecule has 0 spiro atoms. The summed E-state index contributed by atoms with van der Waals surface area (Å²) in [6, 6.07) is 3.42. The first-order valence-electron chi connectivity index (χ1n) is 8.12. The van der Waals surface area contributed by atoms with E-state index in [1.54, 1.807) is 0 Å². The maximum absolute atomic E-state index is 4.73. The summed E-state index contributed by atoms with van der Waals surface area (Å²) in [5.41, 5.74) is 1.17. The van der Waals surface area contributed by atoms with Gasteiger partial charge in [0, 0.05) is 31.9 Å². The van der Waals surface area contributed by atoms with Gasteiger partial charge >= 0.3 is 0 Å². The normalized spacial score (nSPS) is 17.2. The molecule has 1 N–H and O–H groups in total. The van der Waals surface area contributed by atoms with E-state index in [-0.39, 0.29) is 0 Å². The highest BCUT2D eigenvalue weighted by Crippen LogP contribution is 2.27. The minimum Gasteiger partial charge on any atom is -0.310 e. The number of hydrogen-bond donors (Lipinski definition) is 1. The van der Waals surface area contributed by atoms with Crippen LogP contribution < -0.4 is 5.32 Å². The number of nitrogens with zero attached hydrogens (tertiary/aromatic N) is 3. The van der Waals surface area contributed by atoms with E-state index in [4.69, 9.17) is 5.10 Å². The van der Waals surface area contributed by atoms with E-state index in [1.807, 2.05) is 0 Å². The largest absolute Gasteiger partial charge is 0.310 e. The number of likely N-dealkylation sites (N-methyl/N-ethyl adjacent to an activating group) is 1. The first-order chi connectivity index (χ1) is 9.66. The molecule has 20 heavy (non-hydrogen) atoms. The van der Waals surface area contributed by atoms with Crippen LogP contribution in [0.25, 0.3) is 0 Å². The predicted octanol–water partition coefficient (Wildman–Crippen LogP) is 2.82. The van der Waals surface area contributed by atoms with Crippen molar-refractivity contribution in [3.63, 3.8) is 0 Å². The van der Waals surface area contributed by atoms with Crippen LogP contribution in [0.3, 0.4) is 0 Å². The van der Waals surface area contributed by atoms with Gasteiger partial charge in [-0.2, -0.15) is 5.10 Å². The van der Waals surface area contributed by atoms with Gasteiger partial charge in [0.25, 0.3) is 0 Å². The van der Waals surface area contributed by atoms with Crippen LogP contribution in [-0.2, 0) is 6.54 Å². The van der Waals surface area contributed by atoms with E-state index in [9.17, 15) is 0 Å². The van der Waals surface area contributed by atoms with Crippen molar-refractivity contribution in [3.05, 3.63) is 18.0 Å². The van der Waals surface area contributed by atoms with Crippen molar-refractivity contribution in [1.82, 2.24) is 20.0 Å². The average Bonchev–Trinajstić information content (AvgIpc) is 2.93. The lowest BCUT2D eigenvalue weighted by atomic mass is 9.96. The molecule has 2 rings (SSSR count). The van der Waals surface area contributed by atoms with Crippen molar-refractivity contribution in [2.24, 2.45) is 0 Å². The molecule has 0 unspecified atom stereocenters. The zero-order valence-corrected chi connectivity index (χ0v) is 13.3. The number of aromatic nitrogens is 2. The highest BCUT2D eigenvalue weighted by Gasteiger charge is 2.15. The van der Waals surface area contributed by atoms with Crippen LogP contribution in [0.5, 0.6) is 0 Å². The van der Waals surface area contributed by atoms with Crippen molar-refractivity contribution in [2.45, 2.75) is 64.6 Å². The fourth-order valence-corrected chi connectivity index (χ4v) is 2.75. The van der Waals surface area contributed by atoms with Gasteiger partial charge in [-0.15, -0.1) is 0 Å². The maximum Gasteiger partial charge on any atom is 0.0762 e. The Morgan fingerprint density at radius 1 is 1.35 bits per heavy atom. The molecule has 0 radical (unpaired) electrons. The molecular weight excluding hydrogens is 248 g/mol. The molecule has 1 aromatic rings. The van der Waals surface area contributed by atoms with E-state index >= 15 is 0 Å². The van der Waals surface area contributed by atoms with Gasteiger partial charge in [0.2, 0.25) is 0 Å². The van der Waals surface area contributed by atoms with Crippen LogP contribution in [0.1, 0.15) is 57.7 Å². The molecule has 4 nitrogen and oxygen atoms in total. The standard InChI is InChI=1S/C16H30N4/c1-14(2)19(3)12-10-17-13-15-9-11-20(18-15)16-7-5-4-6-8-16/h9,11,14,16-17H,4-8,10,12-13H2,1-3H3. The van der Waals surface area contributed by atoms with Crippen LogP contribution in [0.15, 0.2) is 12.3 Å². The van der Waals surface area contributed by atoms with Crippen molar-refractivity contribution in [1.29, 1.82) is 0 Å². The SMILES string of the molecule is CC(C)N(C)CCNCc1ccn(C2CCCCC2)n1. The van der Waals surface area contributed by atoms with Gasteiger partial charge < -0.3 is 10.2 Å². The summed E-state index contributed by atoms with van der Waals surface area (Å²) in [5, 5.41) is 8.21. The van der Waals surface area contributed by atoms with E-state index < -0.39 is 0 Å². The molecule has 1 saturated carbocycles. The zero-order valence-electron chi connectivity index (χ0n) is 13.3. The lowest BCUT2D eigenvalue weighted by molar-refractivity contribution is 0.273. The highest BCUT2D eigenvalue weighted by atomic mass is 15.3. The summed E-state index contributed by atoms with van der Waals surface area (Å²) in [6.45, 7) is 7.44. The number of rotatable bonds is 7. The summed E-state index contributed by atoms with van der Waals surface area (Å²) in [5.74, 6) is 0. The van der Waals surface area contributed by atoms with E-state index in [1.165, 1.54) is 37.8 Å². The Morgan fingerprint density at radius 2 is 2.10 bits per heavy atom. The highest BCUT2D eigenvalue weighted by molar-refractivity contribution is 4.99. The Morgan fingerprint density at radius 3 is 2.80 bits per heavy atom. The van der Waals surface area contributed by atoms with Crippen molar-refractivity contribution >= 4 is 0 Å². The second kappa shape index (κ2) is 7.79. The lowest BCUT2D eigenvalue weighted by Crippen LogP contribution is -2.33. The van der Waals surface area contributed by atoms with Crippen LogP contribution in [0.4, 0.5) is 0 Å². The zero-order chi connectivity index (χ0) is 14.4. The quantitative estimate of drug-likeness (QED) is 0.779. The van der Waals surface area contributed by atoms with Gasteiger partial charge in [-0.3, -0.25) is 4.68 Å². The molecule has 0 aliphatic heterocycles. The van der Waals surface area contributed by atoms with E-state index in [0.717, 1.165) is 19.6 Å². The fraction of sp³-hybridized carbons (Fsp3) is 0.812. The van der Waals surface area contributed by atoms with E-state index in [0.29, 0.717) is 12.1 Å². The van der Waals surface area contributed by atoms with Crippen LogP contribution in [0.2, 0.25) is 0 Å². The van der Waals surface area contributed by atoms with Gasteiger partial charge in [-0.05, 0) is 39.8 Å². The number of hydrogen-bond acceptors (Lipinski definition) is 3. The Kier molecular flexibility index (Phi) is 6.05. The summed E-state index contributed by atoms with van der Waals surface area (Å²) < 4.78 is 2.19. The molecule has 0 amide bonds. The molecule has 1 aromatic heterocycles. The molecule has 0 atom stereocenters. The molecule has 1 aliphatic carbocycles. The van der Waals surface area contributed by atoms with Crippen LogP contribution in [-0.4, -0.2) is 40.9 Å². The molecule has 0 aromatic carbocycles. The molecule has 0 bridgehead atoms. The predicted molar refractivity (Wildman–Crippen MR) is 83.8 cm³/mol. The van der Waals surface area contributed by atoms with E-state index in [2.05, 4.69) is 48.1 Å².